The predicted octanol–water partition coefficient (Wildman–Crippen LogP) is 3.44. The van der Waals surface area contributed by atoms with Gasteiger partial charge < -0.3 is 14.0 Å². The lowest BCUT2D eigenvalue weighted by molar-refractivity contribution is 0.112. The fraction of sp³-hybridized carbons (Fsp3) is 0.154. The molecular formula is C13H14NO4P. The third-order valence-corrected chi connectivity index (χ3v) is 4.37. The highest BCUT2D eigenvalue weighted by molar-refractivity contribution is 7.57. The van der Waals surface area contributed by atoms with Crippen LogP contribution in [0.2, 0.25) is 0 Å². The number of nitrogens with one attached hydrogen (secondary N) is 1. The molecule has 5 nitrogen and oxygen atoms in total. The molecule has 0 aliphatic rings. The monoisotopic (exact) mass is 279 g/mol. The first kappa shape index (κ1) is 13.7. The van der Waals surface area contributed by atoms with E-state index in [1.54, 1.807) is 12.3 Å². The number of carbonyl (C=O) groups is 1. The normalized spacial score (nSPS) is 12.3. The Balaban J connectivity index is 2.51. The van der Waals surface area contributed by atoms with Gasteiger partial charge >= 0.3 is 7.60 Å². The molecule has 0 saturated heterocycles. The molecule has 0 radical (unpaired) electrons. The molecule has 100 valence electrons. The number of aldehydes is 1. The van der Waals surface area contributed by atoms with Crippen molar-refractivity contribution in [3.8, 4) is 0 Å². The second-order valence-corrected chi connectivity index (χ2v) is 5.96. The summed E-state index contributed by atoms with van der Waals surface area (Å²) in [5.41, 5.74) is 2.17. The lowest BCUT2D eigenvalue weighted by atomic mass is 10.1. The van der Waals surface area contributed by atoms with Gasteiger partial charge in [-0.1, -0.05) is 12.1 Å². The maximum Gasteiger partial charge on any atom is 0.353 e. The fourth-order valence-electron chi connectivity index (χ4n) is 1.84. The number of H-pyrrole nitrogens is 1. The SMILES string of the molecule is COP(=O)(/C=C/c1cccc2[nH]cc(C=O)c12)OC. The molecule has 0 amide bonds. The summed E-state index contributed by atoms with van der Waals surface area (Å²) < 4.78 is 21.6. The summed E-state index contributed by atoms with van der Waals surface area (Å²) in [5.74, 6) is 1.38. The largest absolute Gasteiger partial charge is 0.360 e. The third kappa shape index (κ3) is 2.68. The predicted molar refractivity (Wildman–Crippen MR) is 74.3 cm³/mol. The highest BCUT2D eigenvalue weighted by Crippen LogP contribution is 2.48. The average molecular weight is 279 g/mol. The highest BCUT2D eigenvalue weighted by Gasteiger charge is 2.16. The van der Waals surface area contributed by atoms with Gasteiger partial charge in [-0.2, -0.15) is 0 Å². The molecule has 0 aliphatic carbocycles. The first-order valence-corrected chi connectivity index (χ1v) is 7.20. The summed E-state index contributed by atoms with van der Waals surface area (Å²) in [6.07, 6.45) is 4.06. The second kappa shape index (κ2) is 5.53. The quantitative estimate of drug-likeness (QED) is 0.672. The van der Waals surface area contributed by atoms with Gasteiger partial charge in [0.15, 0.2) is 6.29 Å². The van der Waals surface area contributed by atoms with E-state index >= 15 is 0 Å². The van der Waals surface area contributed by atoms with Crippen molar-refractivity contribution in [2.24, 2.45) is 0 Å². The van der Waals surface area contributed by atoms with Crippen molar-refractivity contribution in [2.45, 2.75) is 0 Å². The van der Waals surface area contributed by atoms with Crippen LogP contribution in [0, 0.1) is 0 Å². The lowest BCUT2D eigenvalue weighted by Gasteiger charge is -2.08. The number of hydrogen-bond donors (Lipinski definition) is 1. The molecule has 1 N–H and O–H groups in total. The number of aromatic nitrogens is 1. The Morgan fingerprint density at radius 3 is 2.58 bits per heavy atom. The zero-order chi connectivity index (χ0) is 13.9. The average Bonchev–Trinajstić information content (AvgIpc) is 2.88. The Kier molecular flexibility index (Phi) is 4.00. The zero-order valence-corrected chi connectivity index (χ0v) is 11.5. The Hall–Kier alpha value is -1.68. The Labute approximate surface area is 110 Å². The highest BCUT2D eigenvalue weighted by atomic mass is 31.2. The number of rotatable bonds is 5. The van der Waals surface area contributed by atoms with Gasteiger partial charge in [0.1, 0.15) is 0 Å². The van der Waals surface area contributed by atoms with Crippen molar-refractivity contribution in [1.29, 1.82) is 0 Å². The fourth-order valence-corrected chi connectivity index (χ4v) is 2.58. The summed E-state index contributed by atoms with van der Waals surface area (Å²) in [7, 11) is -0.565. The summed E-state index contributed by atoms with van der Waals surface area (Å²) in [5, 5.41) is 0.785. The van der Waals surface area contributed by atoms with Crippen LogP contribution in [0.4, 0.5) is 0 Å². The third-order valence-electron chi connectivity index (χ3n) is 2.84. The molecule has 0 fully saturated rings. The molecule has 0 atom stereocenters. The molecule has 1 heterocycles. The number of fused-ring (bicyclic) bond motifs is 1. The van der Waals surface area contributed by atoms with Crippen molar-refractivity contribution in [3.05, 3.63) is 41.3 Å². The van der Waals surface area contributed by atoms with Crippen LogP contribution in [-0.4, -0.2) is 25.5 Å². The Morgan fingerprint density at radius 2 is 1.95 bits per heavy atom. The standard InChI is InChI=1S/C13H14NO4P/c1-17-19(16,18-2)7-6-10-4-3-5-12-13(10)11(9-15)8-14-12/h3-9,14H,1-2H3/b7-6+. The number of benzene rings is 1. The minimum absolute atomic E-state index is 0.555. The van der Waals surface area contributed by atoms with Crippen LogP contribution in [0.5, 0.6) is 0 Å². The molecule has 2 aromatic rings. The minimum Gasteiger partial charge on any atom is -0.360 e. The van der Waals surface area contributed by atoms with E-state index in [0.717, 1.165) is 22.8 Å². The smallest absolute Gasteiger partial charge is 0.353 e. The molecule has 2 rings (SSSR count). The van der Waals surface area contributed by atoms with Crippen LogP contribution in [-0.2, 0) is 13.6 Å². The van der Waals surface area contributed by atoms with Crippen molar-refractivity contribution in [1.82, 2.24) is 4.98 Å². The summed E-state index contributed by atoms with van der Waals surface area (Å²) in [6.45, 7) is 0. The van der Waals surface area contributed by atoms with Crippen molar-refractivity contribution >= 4 is 30.9 Å². The lowest BCUT2D eigenvalue weighted by Crippen LogP contribution is -1.84. The van der Waals surface area contributed by atoms with Gasteiger partial charge in [0.05, 0.1) is 0 Å². The molecule has 1 aromatic carbocycles. The van der Waals surface area contributed by atoms with E-state index in [1.165, 1.54) is 20.0 Å². The van der Waals surface area contributed by atoms with Crippen LogP contribution >= 0.6 is 7.60 Å². The van der Waals surface area contributed by atoms with Crippen LogP contribution in [0.25, 0.3) is 17.0 Å². The Bertz CT molecular complexity index is 666. The van der Waals surface area contributed by atoms with Gasteiger partial charge in [-0.3, -0.25) is 9.36 Å². The van der Waals surface area contributed by atoms with E-state index in [4.69, 9.17) is 9.05 Å². The maximum atomic E-state index is 11.9. The molecule has 0 unspecified atom stereocenters. The van der Waals surface area contributed by atoms with Crippen LogP contribution in [0.1, 0.15) is 15.9 Å². The molecule has 1 aromatic heterocycles. The summed E-state index contributed by atoms with van der Waals surface area (Å²) in [4.78, 5) is 14.0. The van der Waals surface area contributed by atoms with E-state index in [1.807, 2.05) is 18.2 Å². The zero-order valence-electron chi connectivity index (χ0n) is 10.6. The summed E-state index contributed by atoms with van der Waals surface area (Å²) in [6, 6.07) is 5.54. The van der Waals surface area contributed by atoms with E-state index in [0.29, 0.717) is 5.56 Å². The van der Waals surface area contributed by atoms with Crippen LogP contribution in [0.15, 0.2) is 30.2 Å². The number of hydrogen-bond acceptors (Lipinski definition) is 4. The molecule has 19 heavy (non-hydrogen) atoms. The molecule has 6 heteroatoms. The van der Waals surface area contributed by atoms with Gasteiger partial charge in [0, 0.05) is 42.7 Å². The summed E-state index contributed by atoms with van der Waals surface area (Å²) >= 11 is 0. The second-order valence-electron chi connectivity index (χ2n) is 3.85. The van der Waals surface area contributed by atoms with E-state index in [9.17, 15) is 9.36 Å². The van der Waals surface area contributed by atoms with Crippen molar-refractivity contribution < 1.29 is 18.4 Å². The topological polar surface area (TPSA) is 68.4 Å². The number of aromatic amines is 1. The van der Waals surface area contributed by atoms with E-state index in [2.05, 4.69) is 4.98 Å². The molecule has 0 aliphatic heterocycles. The van der Waals surface area contributed by atoms with Gasteiger partial charge in [0.2, 0.25) is 0 Å². The minimum atomic E-state index is -3.21. The van der Waals surface area contributed by atoms with E-state index in [-0.39, 0.29) is 0 Å². The van der Waals surface area contributed by atoms with Crippen molar-refractivity contribution in [3.63, 3.8) is 0 Å². The molecule has 0 spiro atoms. The van der Waals surface area contributed by atoms with Crippen LogP contribution in [0.3, 0.4) is 0 Å². The number of carbonyl (C=O) groups excluding carboxylic acids is 1. The maximum absolute atomic E-state index is 11.9. The van der Waals surface area contributed by atoms with Gasteiger partial charge in [0.25, 0.3) is 0 Å². The van der Waals surface area contributed by atoms with Gasteiger partial charge in [-0.15, -0.1) is 0 Å². The molecular weight excluding hydrogens is 265 g/mol. The van der Waals surface area contributed by atoms with Crippen LogP contribution < -0.4 is 0 Å². The Morgan fingerprint density at radius 1 is 1.21 bits per heavy atom. The van der Waals surface area contributed by atoms with Gasteiger partial charge in [-0.25, -0.2) is 0 Å². The molecule has 0 bridgehead atoms. The van der Waals surface area contributed by atoms with Crippen molar-refractivity contribution in [2.75, 3.05) is 14.2 Å². The van der Waals surface area contributed by atoms with Gasteiger partial charge in [-0.05, 0) is 17.7 Å². The molecule has 0 saturated carbocycles. The van der Waals surface area contributed by atoms with E-state index < -0.39 is 7.60 Å². The first-order chi connectivity index (χ1) is 9.13. The first-order valence-electron chi connectivity index (χ1n) is 5.59.